The predicted molar refractivity (Wildman–Crippen MR) is 45.9 cm³/mol. The Morgan fingerprint density at radius 2 is 0.667 bits per heavy atom. The fourth-order valence-corrected chi connectivity index (χ4v) is 0. The van der Waals surface area contributed by atoms with E-state index in [1.807, 2.05) is 0 Å². The van der Waals surface area contributed by atoms with Crippen molar-refractivity contribution in [2.24, 2.45) is 0 Å². The molecule has 0 bridgehead atoms. The SMILES string of the molecule is O.[Cl][Rh]([Cl])([Cl])([Cl])([Cl])[Cl].[NaH]. The predicted octanol–water partition coefficient (Wildman–Crippen LogP) is 2.66. The fourth-order valence-electron chi connectivity index (χ4n) is 0. The van der Waals surface area contributed by atoms with Gasteiger partial charge < -0.3 is 5.48 Å². The van der Waals surface area contributed by atoms with Crippen LogP contribution in [0.1, 0.15) is 0 Å². The first-order valence-electron chi connectivity index (χ1n) is 0.756. The molecule has 0 spiro atoms. The summed E-state index contributed by atoms with van der Waals surface area (Å²) in [5.41, 5.74) is 0. The third-order valence-corrected chi connectivity index (χ3v) is 0. The average Bonchev–Trinajstić information content (AvgIpc) is 0.592. The number of halogens is 6. The van der Waals surface area contributed by atoms with Crippen molar-refractivity contribution in [2.45, 2.75) is 0 Å². The van der Waals surface area contributed by atoms with E-state index in [2.05, 4.69) is 0 Å². The van der Waals surface area contributed by atoms with Crippen molar-refractivity contribution in [3.63, 3.8) is 0 Å². The van der Waals surface area contributed by atoms with Crippen LogP contribution in [-0.4, -0.2) is 35.0 Å². The molecular formula is H3Cl6NaORh. The number of rotatable bonds is 0. The van der Waals surface area contributed by atoms with Gasteiger partial charge in [0.25, 0.3) is 0 Å². The first-order chi connectivity index (χ1) is 2.45. The Bertz CT molecular complexity index is 71.6. The summed E-state index contributed by atoms with van der Waals surface area (Å²) in [5, 5.41) is 0. The van der Waals surface area contributed by atoms with Crippen molar-refractivity contribution in [1.82, 2.24) is 0 Å². The van der Waals surface area contributed by atoms with Gasteiger partial charge in [0.15, 0.2) is 0 Å². The molecule has 0 saturated heterocycles. The zero-order valence-corrected chi connectivity index (χ0v) is 9.28. The minimum atomic E-state index is -5.15. The summed E-state index contributed by atoms with van der Waals surface area (Å²) in [6.45, 7) is -5.15. The second-order valence-corrected chi connectivity index (χ2v) is 38.0. The molecule has 0 rings (SSSR count). The first-order valence-corrected chi connectivity index (χ1v) is 13.4. The zero-order valence-electron chi connectivity index (χ0n) is 3.10. The summed E-state index contributed by atoms with van der Waals surface area (Å²) in [4.78, 5) is 0. The molecule has 0 aliphatic rings. The molecule has 0 saturated carbocycles. The van der Waals surface area contributed by atoms with Crippen LogP contribution in [0.3, 0.4) is 0 Å². The fraction of sp³-hybridized carbons (Fsp3) is 0. The monoisotopic (exact) mass is 355 g/mol. The van der Waals surface area contributed by atoms with Gasteiger partial charge in [-0.2, -0.15) is 0 Å². The Labute approximate surface area is 97.8 Å². The van der Waals surface area contributed by atoms with Crippen molar-refractivity contribution in [3.8, 4) is 0 Å². The maximum absolute atomic E-state index is 5.15. The summed E-state index contributed by atoms with van der Waals surface area (Å²) >= 11 is 0. The van der Waals surface area contributed by atoms with Gasteiger partial charge in [-0.25, -0.2) is 0 Å². The molecule has 0 aromatic rings. The van der Waals surface area contributed by atoms with Crippen LogP contribution in [0.4, 0.5) is 0 Å². The molecule has 0 atom stereocenters. The van der Waals surface area contributed by atoms with Crippen LogP contribution < -0.4 is 0 Å². The van der Waals surface area contributed by atoms with Crippen LogP contribution in [0.5, 0.6) is 0 Å². The van der Waals surface area contributed by atoms with Gasteiger partial charge in [0, 0.05) is 0 Å². The Morgan fingerprint density at radius 3 is 0.667 bits per heavy atom. The van der Waals surface area contributed by atoms with Crippen LogP contribution in [0, 0.1) is 0 Å². The van der Waals surface area contributed by atoms with Crippen molar-refractivity contribution >= 4 is 87.7 Å². The molecule has 0 aliphatic heterocycles. The van der Waals surface area contributed by atoms with Crippen LogP contribution in [0.15, 0.2) is 0 Å². The van der Waals surface area contributed by atoms with Crippen molar-refractivity contribution in [2.75, 3.05) is 0 Å². The summed E-state index contributed by atoms with van der Waals surface area (Å²) in [7, 11) is 30.2. The molecule has 0 aromatic carbocycles. The summed E-state index contributed by atoms with van der Waals surface area (Å²) < 4.78 is 0. The average molecular weight is 358 g/mol. The van der Waals surface area contributed by atoms with Crippen LogP contribution in [0.25, 0.3) is 0 Å². The molecule has 0 radical (unpaired) electrons. The molecule has 2 N–H and O–H groups in total. The Morgan fingerprint density at radius 1 is 0.667 bits per heavy atom. The van der Waals surface area contributed by atoms with E-state index < -0.39 is 6.48 Å². The van der Waals surface area contributed by atoms with Gasteiger partial charge >= 0.3 is 94.2 Å². The second kappa shape index (κ2) is 3.59. The van der Waals surface area contributed by atoms with E-state index in [1.54, 1.807) is 0 Å². The van der Waals surface area contributed by atoms with E-state index in [4.69, 9.17) is 58.1 Å². The molecule has 0 aromatic heterocycles. The van der Waals surface area contributed by atoms with E-state index in [1.165, 1.54) is 0 Å². The van der Waals surface area contributed by atoms with Gasteiger partial charge in [-0.1, -0.05) is 0 Å². The number of hydrogen-bond donors (Lipinski definition) is 0. The molecule has 0 unspecified atom stereocenters. The zero-order chi connectivity index (χ0) is 6.41. The summed E-state index contributed by atoms with van der Waals surface area (Å²) in [6.07, 6.45) is 0. The van der Waals surface area contributed by atoms with Crippen molar-refractivity contribution < 1.29 is 12.0 Å². The molecule has 9 heteroatoms. The van der Waals surface area contributed by atoms with Gasteiger partial charge in [-0.3, -0.25) is 0 Å². The standard InChI is InChI=1S/6ClH.Na.H2O.Rh.H/h6*1H;;1H2;;/q;;;;;;;;+6;/p-6. The van der Waals surface area contributed by atoms with E-state index in [0.717, 1.165) is 0 Å². The van der Waals surface area contributed by atoms with Crippen molar-refractivity contribution in [1.29, 1.82) is 0 Å². The molecule has 0 amide bonds. The Kier molecular flexibility index (Phi) is 7.26. The Balaban J connectivity index is -0.000000180. The summed E-state index contributed by atoms with van der Waals surface area (Å²) in [6, 6.07) is 0. The van der Waals surface area contributed by atoms with Crippen LogP contribution >= 0.6 is 58.1 Å². The normalized spacial score (nSPS) is 18.0. The van der Waals surface area contributed by atoms with E-state index in [-0.39, 0.29) is 35.0 Å². The van der Waals surface area contributed by atoms with Gasteiger partial charge in [0.1, 0.15) is 0 Å². The van der Waals surface area contributed by atoms with Gasteiger partial charge in [-0.15, -0.1) is 0 Å². The van der Waals surface area contributed by atoms with E-state index in [9.17, 15) is 0 Å². The third kappa shape index (κ3) is 89.1. The maximum atomic E-state index is 5.04. The molecule has 9 heavy (non-hydrogen) atoms. The van der Waals surface area contributed by atoms with Crippen LogP contribution in [0.2, 0.25) is 0 Å². The van der Waals surface area contributed by atoms with E-state index in [0.29, 0.717) is 0 Å². The second-order valence-electron chi connectivity index (χ2n) is 0.714. The van der Waals surface area contributed by atoms with Gasteiger partial charge in [0.05, 0.1) is 0 Å². The topological polar surface area (TPSA) is 31.5 Å². The minimum absolute atomic E-state index is 0. The van der Waals surface area contributed by atoms with E-state index >= 15 is 0 Å². The molecule has 0 aliphatic carbocycles. The third-order valence-electron chi connectivity index (χ3n) is 0. The number of hydrogen-bond acceptors (Lipinski definition) is 0. The first kappa shape index (κ1) is 18.2. The molecule has 61 valence electrons. The molecule has 0 heterocycles. The molecular weight excluding hydrogens is 355 g/mol. The quantitative estimate of drug-likeness (QED) is 0.597. The van der Waals surface area contributed by atoms with Gasteiger partial charge in [-0.05, 0) is 0 Å². The Hall–Kier alpha value is 3.32. The summed E-state index contributed by atoms with van der Waals surface area (Å²) in [5.74, 6) is 0. The van der Waals surface area contributed by atoms with Crippen molar-refractivity contribution in [3.05, 3.63) is 0 Å². The van der Waals surface area contributed by atoms with Crippen LogP contribution in [-0.2, 0) is 6.48 Å². The molecule has 0 fully saturated rings. The van der Waals surface area contributed by atoms with Gasteiger partial charge in [0.2, 0.25) is 0 Å². The molecule has 1 nitrogen and oxygen atoms in total.